The second kappa shape index (κ2) is 4.36. The minimum Gasteiger partial charge on any atom is -0.494 e. The van der Waals surface area contributed by atoms with Gasteiger partial charge >= 0.3 is 0 Å². The molecule has 6 heteroatoms. The normalized spacial score (nSPS) is 15.3. The summed E-state index contributed by atoms with van der Waals surface area (Å²) >= 11 is 0. The van der Waals surface area contributed by atoms with Crippen LogP contribution < -0.4 is 10.1 Å². The molecule has 0 aliphatic carbocycles. The molecule has 1 aromatic carbocycles. The highest BCUT2D eigenvalue weighted by atomic mass is 16.6. The topological polar surface area (TPSA) is 73.6 Å². The van der Waals surface area contributed by atoms with Crippen molar-refractivity contribution >= 4 is 11.4 Å². The van der Waals surface area contributed by atoms with Crippen molar-refractivity contribution in [3.8, 4) is 5.75 Å². The SMILES string of the molecule is COc1cc([N+](=O)[O-])ccc1NC1COC1. The van der Waals surface area contributed by atoms with Crippen LogP contribution >= 0.6 is 0 Å². The van der Waals surface area contributed by atoms with Gasteiger partial charge in [0.2, 0.25) is 0 Å². The molecule has 0 aromatic heterocycles. The second-order valence-electron chi connectivity index (χ2n) is 3.52. The summed E-state index contributed by atoms with van der Waals surface area (Å²) in [5.41, 5.74) is 0.772. The molecule has 6 nitrogen and oxygen atoms in total. The Morgan fingerprint density at radius 3 is 2.81 bits per heavy atom. The van der Waals surface area contributed by atoms with E-state index in [-0.39, 0.29) is 11.7 Å². The van der Waals surface area contributed by atoms with Crippen LogP contribution in [-0.2, 0) is 4.74 Å². The molecule has 0 amide bonds. The number of methoxy groups -OCH3 is 1. The predicted octanol–water partition coefficient (Wildman–Crippen LogP) is 1.41. The largest absolute Gasteiger partial charge is 0.494 e. The van der Waals surface area contributed by atoms with Crippen molar-refractivity contribution in [2.75, 3.05) is 25.6 Å². The molecule has 1 N–H and O–H groups in total. The number of nitrogens with one attached hydrogen (secondary N) is 1. The summed E-state index contributed by atoms with van der Waals surface area (Å²) in [7, 11) is 1.49. The van der Waals surface area contributed by atoms with Crippen molar-refractivity contribution in [1.29, 1.82) is 0 Å². The Kier molecular flexibility index (Phi) is 2.91. The first-order valence-corrected chi connectivity index (χ1v) is 4.87. The number of nitro groups is 1. The Morgan fingerprint density at radius 1 is 1.56 bits per heavy atom. The molecular formula is C10H12N2O4. The van der Waals surface area contributed by atoms with E-state index in [9.17, 15) is 10.1 Å². The fraction of sp³-hybridized carbons (Fsp3) is 0.400. The van der Waals surface area contributed by atoms with Gasteiger partial charge in [0.05, 0.1) is 43.0 Å². The molecule has 0 radical (unpaired) electrons. The number of hydrogen-bond donors (Lipinski definition) is 1. The fourth-order valence-corrected chi connectivity index (χ4v) is 1.45. The molecular weight excluding hydrogens is 212 g/mol. The number of benzene rings is 1. The quantitative estimate of drug-likeness (QED) is 0.618. The highest BCUT2D eigenvalue weighted by Gasteiger charge is 2.20. The highest BCUT2D eigenvalue weighted by Crippen LogP contribution is 2.30. The van der Waals surface area contributed by atoms with Gasteiger partial charge in [-0.25, -0.2) is 0 Å². The molecule has 1 heterocycles. The molecule has 0 atom stereocenters. The van der Waals surface area contributed by atoms with Crippen LogP contribution in [0.3, 0.4) is 0 Å². The molecule has 1 aliphatic heterocycles. The van der Waals surface area contributed by atoms with Gasteiger partial charge in [-0.05, 0) is 6.07 Å². The van der Waals surface area contributed by atoms with Gasteiger partial charge < -0.3 is 14.8 Å². The average Bonchev–Trinajstić information content (AvgIpc) is 2.23. The van der Waals surface area contributed by atoms with Crippen LogP contribution in [0, 0.1) is 10.1 Å². The second-order valence-corrected chi connectivity index (χ2v) is 3.52. The van der Waals surface area contributed by atoms with Crippen molar-refractivity contribution < 1.29 is 14.4 Å². The average molecular weight is 224 g/mol. The predicted molar refractivity (Wildman–Crippen MR) is 57.9 cm³/mol. The van der Waals surface area contributed by atoms with Crippen LogP contribution in [0.25, 0.3) is 0 Å². The van der Waals surface area contributed by atoms with E-state index in [0.29, 0.717) is 19.0 Å². The van der Waals surface area contributed by atoms with E-state index in [1.54, 1.807) is 6.07 Å². The molecule has 0 bridgehead atoms. The van der Waals surface area contributed by atoms with Crippen molar-refractivity contribution in [1.82, 2.24) is 0 Å². The summed E-state index contributed by atoms with van der Waals surface area (Å²) in [6.07, 6.45) is 0. The van der Waals surface area contributed by atoms with Gasteiger partial charge in [-0.2, -0.15) is 0 Å². The van der Waals surface area contributed by atoms with Crippen LogP contribution in [-0.4, -0.2) is 31.3 Å². The number of rotatable bonds is 4. The highest BCUT2D eigenvalue weighted by molar-refractivity contribution is 5.61. The molecule has 1 fully saturated rings. The molecule has 1 aliphatic rings. The maximum atomic E-state index is 10.6. The fourth-order valence-electron chi connectivity index (χ4n) is 1.45. The van der Waals surface area contributed by atoms with Crippen molar-refractivity contribution in [3.63, 3.8) is 0 Å². The van der Waals surface area contributed by atoms with E-state index in [1.165, 1.54) is 19.2 Å². The number of hydrogen-bond acceptors (Lipinski definition) is 5. The number of nitro benzene ring substituents is 1. The van der Waals surface area contributed by atoms with Gasteiger partial charge in [-0.3, -0.25) is 10.1 Å². The third-order valence-electron chi connectivity index (χ3n) is 2.39. The molecule has 86 valence electrons. The number of ether oxygens (including phenoxy) is 2. The third-order valence-corrected chi connectivity index (χ3v) is 2.39. The lowest BCUT2D eigenvalue weighted by atomic mass is 10.2. The number of anilines is 1. The molecule has 0 spiro atoms. The van der Waals surface area contributed by atoms with E-state index < -0.39 is 4.92 Å². The molecule has 0 unspecified atom stereocenters. The van der Waals surface area contributed by atoms with E-state index in [4.69, 9.17) is 9.47 Å². The van der Waals surface area contributed by atoms with Gasteiger partial charge in [0.15, 0.2) is 0 Å². The van der Waals surface area contributed by atoms with Crippen LogP contribution in [0.5, 0.6) is 5.75 Å². The Hall–Kier alpha value is -1.82. The standard InChI is InChI=1S/C10H12N2O4/c1-15-10-4-8(12(13)14)2-3-9(10)11-7-5-16-6-7/h2-4,7,11H,5-6H2,1H3. The lowest BCUT2D eigenvalue weighted by Gasteiger charge is -2.28. The van der Waals surface area contributed by atoms with Gasteiger partial charge in [-0.1, -0.05) is 0 Å². The Balaban J connectivity index is 2.19. The number of nitrogens with zero attached hydrogens (tertiary/aromatic N) is 1. The maximum absolute atomic E-state index is 10.6. The van der Waals surface area contributed by atoms with Crippen LogP contribution in [0.15, 0.2) is 18.2 Å². The van der Waals surface area contributed by atoms with Crippen LogP contribution in [0.4, 0.5) is 11.4 Å². The van der Waals surface area contributed by atoms with Crippen molar-refractivity contribution in [2.24, 2.45) is 0 Å². The number of non-ortho nitro benzene ring substituents is 1. The molecule has 0 saturated carbocycles. The van der Waals surface area contributed by atoms with Crippen LogP contribution in [0.2, 0.25) is 0 Å². The molecule has 1 aromatic rings. The van der Waals surface area contributed by atoms with Gasteiger partial charge in [-0.15, -0.1) is 0 Å². The summed E-state index contributed by atoms with van der Waals surface area (Å²) in [5.74, 6) is 0.473. The zero-order valence-corrected chi connectivity index (χ0v) is 8.80. The van der Waals surface area contributed by atoms with Gasteiger partial charge in [0.25, 0.3) is 5.69 Å². The first kappa shape index (κ1) is 10.7. The Bertz CT molecular complexity index is 404. The Morgan fingerprint density at radius 2 is 2.31 bits per heavy atom. The lowest BCUT2D eigenvalue weighted by Crippen LogP contribution is -2.40. The van der Waals surface area contributed by atoms with E-state index in [0.717, 1.165) is 5.69 Å². The van der Waals surface area contributed by atoms with Crippen molar-refractivity contribution in [2.45, 2.75) is 6.04 Å². The van der Waals surface area contributed by atoms with Gasteiger partial charge in [0, 0.05) is 6.07 Å². The summed E-state index contributed by atoms with van der Waals surface area (Å²) < 4.78 is 10.1. The molecule has 1 saturated heterocycles. The summed E-state index contributed by atoms with van der Waals surface area (Å²) in [6.45, 7) is 1.31. The van der Waals surface area contributed by atoms with Crippen LogP contribution in [0.1, 0.15) is 0 Å². The summed E-state index contributed by atoms with van der Waals surface area (Å²) in [5, 5.41) is 13.8. The van der Waals surface area contributed by atoms with E-state index in [1.807, 2.05) is 0 Å². The maximum Gasteiger partial charge on any atom is 0.273 e. The van der Waals surface area contributed by atoms with Gasteiger partial charge in [0.1, 0.15) is 5.75 Å². The zero-order valence-electron chi connectivity index (χ0n) is 8.80. The Labute approximate surface area is 92.3 Å². The third kappa shape index (κ3) is 2.06. The van der Waals surface area contributed by atoms with E-state index in [2.05, 4.69) is 5.32 Å². The molecule has 16 heavy (non-hydrogen) atoms. The first-order chi connectivity index (χ1) is 7.70. The summed E-state index contributed by atoms with van der Waals surface area (Å²) in [6, 6.07) is 4.76. The lowest BCUT2D eigenvalue weighted by molar-refractivity contribution is -0.384. The first-order valence-electron chi connectivity index (χ1n) is 4.87. The monoisotopic (exact) mass is 224 g/mol. The van der Waals surface area contributed by atoms with E-state index >= 15 is 0 Å². The minimum absolute atomic E-state index is 0.0206. The zero-order chi connectivity index (χ0) is 11.5. The summed E-state index contributed by atoms with van der Waals surface area (Å²) in [4.78, 5) is 10.1. The molecule has 2 rings (SSSR count). The minimum atomic E-state index is -0.446. The van der Waals surface area contributed by atoms with Crippen molar-refractivity contribution in [3.05, 3.63) is 28.3 Å². The smallest absolute Gasteiger partial charge is 0.273 e.